The van der Waals surface area contributed by atoms with Crippen molar-refractivity contribution < 1.29 is 9.84 Å². The van der Waals surface area contributed by atoms with Crippen LogP contribution in [0.2, 0.25) is 0 Å². The van der Waals surface area contributed by atoms with E-state index in [1.165, 1.54) is 0 Å². The lowest BCUT2D eigenvalue weighted by Gasteiger charge is -2.46. The molecule has 0 saturated carbocycles. The Bertz CT molecular complexity index is 730. The Morgan fingerprint density at radius 3 is 2.54 bits per heavy atom. The van der Waals surface area contributed by atoms with Gasteiger partial charge in [-0.25, -0.2) is 14.6 Å². The molecule has 0 atom stereocenters. The van der Waals surface area contributed by atoms with Crippen molar-refractivity contribution in [1.29, 1.82) is 0 Å². The topological polar surface area (TPSA) is 89.2 Å². The highest BCUT2D eigenvalue weighted by atomic mass is 16.5. The molecule has 1 aliphatic heterocycles. The largest absolute Gasteiger partial charge is 0.380 e. The molecule has 1 fully saturated rings. The van der Waals surface area contributed by atoms with Gasteiger partial charge in [0.1, 0.15) is 17.2 Å². The standard InChI is InChI=1S/C16H24N6O2/c1-15(2,3)14-18-11(8-24-5)6-13(19-14)22-9-16(23,10-22)12-7-17-20-21(12)4/h6-7,23H,8-10H2,1-5H3. The molecule has 0 radical (unpaired) electrons. The smallest absolute Gasteiger partial charge is 0.142 e. The molecule has 3 heterocycles. The summed E-state index contributed by atoms with van der Waals surface area (Å²) >= 11 is 0. The van der Waals surface area contributed by atoms with Crippen molar-refractivity contribution in [1.82, 2.24) is 25.0 Å². The van der Waals surface area contributed by atoms with Crippen LogP contribution in [0.25, 0.3) is 0 Å². The van der Waals surface area contributed by atoms with E-state index < -0.39 is 5.60 Å². The van der Waals surface area contributed by atoms with E-state index in [9.17, 15) is 5.11 Å². The Morgan fingerprint density at radius 1 is 1.29 bits per heavy atom. The molecular weight excluding hydrogens is 308 g/mol. The summed E-state index contributed by atoms with van der Waals surface area (Å²) in [7, 11) is 3.43. The van der Waals surface area contributed by atoms with Gasteiger partial charge >= 0.3 is 0 Å². The van der Waals surface area contributed by atoms with Gasteiger partial charge in [0.05, 0.1) is 37.3 Å². The first-order valence-corrected chi connectivity index (χ1v) is 7.93. The maximum atomic E-state index is 10.8. The molecule has 0 aromatic carbocycles. The minimum absolute atomic E-state index is 0.161. The van der Waals surface area contributed by atoms with Crippen LogP contribution >= 0.6 is 0 Å². The Hall–Kier alpha value is -2.06. The number of β-amino-alcohol motifs (C(OH)–C–C–N with tert-alkyl or cyclic N) is 1. The van der Waals surface area contributed by atoms with Crippen molar-refractivity contribution in [3.8, 4) is 0 Å². The number of methoxy groups -OCH3 is 1. The fourth-order valence-electron chi connectivity index (χ4n) is 2.82. The number of aliphatic hydroxyl groups is 1. The molecule has 3 rings (SSSR count). The van der Waals surface area contributed by atoms with E-state index in [0.29, 0.717) is 25.4 Å². The highest BCUT2D eigenvalue weighted by Crippen LogP contribution is 2.35. The molecule has 0 amide bonds. The Kier molecular flexibility index (Phi) is 4.05. The van der Waals surface area contributed by atoms with Crippen LogP contribution in [-0.2, 0) is 29.4 Å². The summed E-state index contributed by atoms with van der Waals surface area (Å²) in [6, 6.07) is 1.92. The van der Waals surface area contributed by atoms with Crippen LogP contribution < -0.4 is 4.90 Å². The van der Waals surface area contributed by atoms with Crippen LogP contribution in [0.1, 0.15) is 38.0 Å². The van der Waals surface area contributed by atoms with Gasteiger partial charge in [0.2, 0.25) is 0 Å². The first-order chi connectivity index (χ1) is 11.2. The highest BCUT2D eigenvalue weighted by molar-refractivity contribution is 5.46. The zero-order valence-electron chi connectivity index (χ0n) is 14.8. The van der Waals surface area contributed by atoms with E-state index in [1.807, 2.05) is 11.0 Å². The van der Waals surface area contributed by atoms with Crippen molar-refractivity contribution in [3.05, 3.63) is 29.5 Å². The second-order valence-electron chi connectivity index (χ2n) is 7.35. The molecule has 1 N–H and O–H groups in total. The summed E-state index contributed by atoms with van der Waals surface area (Å²) in [6.07, 6.45) is 1.61. The maximum Gasteiger partial charge on any atom is 0.142 e. The zero-order chi connectivity index (χ0) is 17.5. The third kappa shape index (κ3) is 2.99. The number of hydrogen-bond donors (Lipinski definition) is 1. The fourth-order valence-corrected chi connectivity index (χ4v) is 2.82. The van der Waals surface area contributed by atoms with Gasteiger partial charge in [0, 0.05) is 25.6 Å². The molecule has 8 heteroatoms. The molecule has 2 aromatic heterocycles. The van der Waals surface area contributed by atoms with Gasteiger partial charge in [-0.2, -0.15) is 0 Å². The van der Waals surface area contributed by atoms with Gasteiger partial charge in [-0.3, -0.25) is 0 Å². The number of aryl methyl sites for hydroxylation is 1. The Morgan fingerprint density at radius 2 is 2.00 bits per heavy atom. The number of nitrogens with zero attached hydrogens (tertiary/aromatic N) is 6. The lowest BCUT2D eigenvalue weighted by atomic mass is 9.90. The maximum absolute atomic E-state index is 10.8. The van der Waals surface area contributed by atoms with Crippen molar-refractivity contribution >= 4 is 5.82 Å². The summed E-state index contributed by atoms with van der Waals surface area (Å²) in [6.45, 7) is 7.56. The van der Waals surface area contributed by atoms with E-state index in [0.717, 1.165) is 17.3 Å². The van der Waals surface area contributed by atoms with Gasteiger partial charge in [0.25, 0.3) is 0 Å². The quantitative estimate of drug-likeness (QED) is 0.884. The first-order valence-electron chi connectivity index (χ1n) is 7.93. The number of aromatic nitrogens is 5. The number of anilines is 1. The van der Waals surface area contributed by atoms with Crippen LogP contribution in [0.15, 0.2) is 12.3 Å². The van der Waals surface area contributed by atoms with Crippen molar-refractivity contribution in [2.24, 2.45) is 7.05 Å². The SMILES string of the molecule is COCc1cc(N2CC(O)(c3cnnn3C)C2)nc(C(C)(C)C)n1. The van der Waals surface area contributed by atoms with Gasteiger partial charge in [0.15, 0.2) is 0 Å². The van der Waals surface area contributed by atoms with Gasteiger partial charge in [-0.15, -0.1) is 5.10 Å². The lowest BCUT2D eigenvalue weighted by molar-refractivity contribution is -0.000576. The van der Waals surface area contributed by atoms with E-state index in [4.69, 9.17) is 4.74 Å². The van der Waals surface area contributed by atoms with Crippen molar-refractivity contribution in [2.75, 3.05) is 25.1 Å². The molecule has 8 nitrogen and oxygen atoms in total. The van der Waals surface area contributed by atoms with Crippen LogP contribution in [0.4, 0.5) is 5.82 Å². The second kappa shape index (κ2) is 5.78. The predicted octanol–water partition coefficient (Wildman–Crippen LogP) is 0.757. The normalized spacial score (nSPS) is 17.0. The Balaban J connectivity index is 1.86. The van der Waals surface area contributed by atoms with Crippen LogP contribution in [0.5, 0.6) is 0 Å². The average molecular weight is 332 g/mol. The van der Waals surface area contributed by atoms with Gasteiger partial charge in [-0.1, -0.05) is 26.0 Å². The predicted molar refractivity (Wildman–Crippen MR) is 88.6 cm³/mol. The van der Waals surface area contributed by atoms with Crippen molar-refractivity contribution in [3.63, 3.8) is 0 Å². The summed E-state index contributed by atoms with van der Waals surface area (Å²) in [5.74, 6) is 1.58. The number of ether oxygens (including phenoxy) is 1. The van der Waals surface area contributed by atoms with Gasteiger partial charge < -0.3 is 14.7 Å². The lowest BCUT2D eigenvalue weighted by Crippen LogP contribution is -2.60. The second-order valence-corrected chi connectivity index (χ2v) is 7.35. The summed E-state index contributed by atoms with van der Waals surface area (Å²) < 4.78 is 6.82. The molecule has 24 heavy (non-hydrogen) atoms. The Labute approximate surface area is 141 Å². The monoisotopic (exact) mass is 332 g/mol. The van der Waals surface area contributed by atoms with Crippen LogP contribution in [0.3, 0.4) is 0 Å². The highest BCUT2D eigenvalue weighted by Gasteiger charge is 2.46. The molecule has 0 unspecified atom stereocenters. The van der Waals surface area contributed by atoms with E-state index in [2.05, 4.69) is 41.1 Å². The summed E-state index contributed by atoms with van der Waals surface area (Å²) in [4.78, 5) is 11.3. The average Bonchev–Trinajstić information content (AvgIpc) is 2.90. The molecule has 1 saturated heterocycles. The minimum Gasteiger partial charge on any atom is -0.380 e. The first kappa shape index (κ1) is 16.8. The molecule has 1 aliphatic rings. The zero-order valence-corrected chi connectivity index (χ0v) is 14.8. The van der Waals surface area contributed by atoms with E-state index in [1.54, 1.807) is 25.0 Å². The van der Waals surface area contributed by atoms with E-state index >= 15 is 0 Å². The van der Waals surface area contributed by atoms with Crippen LogP contribution in [-0.4, -0.2) is 50.3 Å². The molecule has 0 aliphatic carbocycles. The molecule has 0 bridgehead atoms. The third-order valence-electron chi connectivity index (χ3n) is 4.15. The summed E-state index contributed by atoms with van der Waals surface area (Å²) in [5.41, 5.74) is 0.434. The molecule has 0 spiro atoms. The molecule has 130 valence electrons. The fraction of sp³-hybridized carbons (Fsp3) is 0.625. The third-order valence-corrected chi connectivity index (χ3v) is 4.15. The number of hydrogen-bond acceptors (Lipinski definition) is 7. The molecular formula is C16H24N6O2. The van der Waals surface area contributed by atoms with E-state index in [-0.39, 0.29) is 5.41 Å². The molecule has 2 aromatic rings. The summed E-state index contributed by atoms with van der Waals surface area (Å²) in [5, 5.41) is 18.5. The number of rotatable bonds is 4. The van der Waals surface area contributed by atoms with Crippen LogP contribution in [0, 0.1) is 0 Å². The van der Waals surface area contributed by atoms with Gasteiger partial charge in [-0.05, 0) is 0 Å². The van der Waals surface area contributed by atoms with Crippen molar-refractivity contribution in [2.45, 2.75) is 38.4 Å². The minimum atomic E-state index is -0.952.